The molecule has 0 bridgehead atoms. The van der Waals surface area contributed by atoms with E-state index in [4.69, 9.17) is 21.1 Å². The van der Waals surface area contributed by atoms with Crippen LogP contribution in [0.15, 0.2) is 45.9 Å². The monoisotopic (exact) mass is 268 g/mol. The van der Waals surface area contributed by atoms with E-state index in [1.807, 2.05) is 12.1 Å². The number of thioether (sulfide) groups is 1. The van der Waals surface area contributed by atoms with E-state index < -0.39 is 5.97 Å². The number of carbonyl (C=O) groups is 1. The van der Waals surface area contributed by atoms with Gasteiger partial charge in [0.25, 0.3) is 0 Å². The van der Waals surface area contributed by atoms with Gasteiger partial charge in [0.15, 0.2) is 0 Å². The molecular formula is C12H9ClO3S. The molecule has 0 radical (unpaired) electrons. The van der Waals surface area contributed by atoms with E-state index in [0.717, 1.165) is 4.90 Å². The van der Waals surface area contributed by atoms with Gasteiger partial charge in [-0.3, -0.25) is 0 Å². The van der Waals surface area contributed by atoms with Crippen molar-refractivity contribution in [3.8, 4) is 0 Å². The molecule has 2 aromatic rings. The van der Waals surface area contributed by atoms with Gasteiger partial charge in [-0.2, -0.15) is 0 Å². The van der Waals surface area contributed by atoms with E-state index in [0.29, 0.717) is 16.3 Å². The predicted octanol–water partition coefficient (Wildman–Crippen LogP) is 3.92. The van der Waals surface area contributed by atoms with Gasteiger partial charge in [-0.25, -0.2) is 4.79 Å². The first-order valence-electron chi connectivity index (χ1n) is 4.85. The van der Waals surface area contributed by atoms with Crippen molar-refractivity contribution in [3.63, 3.8) is 0 Å². The summed E-state index contributed by atoms with van der Waals surface area (Å²) in [6.07, 6.45) is 1.39. The minimum absolute atomic E-state index is 0.00598. The lowest BCUT2D eigenvalue weighted by molar-refractivity contribution is 0.0661. The highest BCUT2D eigenvalue weighted by molar-refractivity contribution is 7.98. The Kier molecular flexibility index (Phi) is 3.76. The molecule has 2 rings (SSSR count). The summed E-state index contributed by atoms with van der Waals surface area (Å²) < 4.78 is 4.90. The van der Waals surface area contributed by atoms with E-state index >= 15 is 0 Å². The lowest BCUT2D eigenvalue weighted by Crippen LogP contribution is -1.97. The number of hydrogen-bond acceptors (Lipinski definition) is 3. The highest BCUT2D eigenvalue weighted by Gasteiger charge is 2.13. The number of furan rings is 1. The Labute approximate surface area is 107 Å². The van der Waals surface area contributed by atoms with Gasteiger partial charge >= 0.3 is 5.97 Å². The molecule has 1 aromatic carbocycles. The average Bonchev–Trinajstić information content (AvgIpc) is 2.76. The average molecular weight is 269 g/mol. The molecule has 0 aliphatic heterocycles. The maximum absolute atomic E-state index is 10.8. The summed E-state index contributed by atoms with van der Waals surface area (Å²) in [5.74, 6) is -0.479. The standard InChI is InChI=1S/C12H9ClO3S/c13-9-1-3-10(4-2-9)17-7-8-5-6-16-11(8)12(14)15/h1-6H,7H2,(H,14,15). The molecule has 0 aliphatic rings. The normalized spacial score (nSPS) is 10.4. The summed E-state index contributed by atoms with van der Waals surface area (Å²) in [4.78, 5) is 11.9. The summed E-state index contributed by atoms with van der Waals surface area (Å²) in [5.41, 5.74) is 0.678. The number of carboxylic acids is 1. The quantitative estimate of drug-likeness (QED) is 0.854. The molecule has 88 valence electrons. The lowest BCUT2D eigenvalue weighted by Gasteiger charge is -2.00. The van der Waals surface area contributed by atoms with Crippen molar-refractivity contribution in [1.29, 1.82) is 0 Å². The highest BCUT2D eigenvalue weighted by Crippen LogP contribution is 2.26. The second-order valence-electron chi connectivity index (χ2n) is 3.32. The van der Waals surface area contributed by atoms with Crippen molar-refractivity contribution < 1.29 is 14.3 Å². The summed E-state index contributed by atoms with van der Waals surface area (Å²) in [7, 11) is 0. The van der Waals surface area contributed by atoms with Crippen LogP contribution < -0.4 is 0 Å². The van der Waals surface area contributed by atoms with Gasteiger partial charge in [0, 0.05) is 21.2 Å². The molecule has 1 N–H and O–H groups in total. The molecule has 1 aromatic heterocycles. The van der Waals surface area contributed by atoms with Crippen molar-refractivity contribution >= 4 is 29.3 Å². The third-order valence-corrected chi connectivity index (χ3v) is 3.46. The van der Waals surface area contributed by atoms with Gasteiger partial charge in [-0.05, 0) is 30.3 Å². The maximum atomic E-state index is 10.8. The Morgan fingerprint density at radius 1 is 1.29 bits per heavy atom. The number of hydrogen-bond donors (Lipinski definition) is 1. The van der Waals surface area contributed by atoms with Crippen LogP contribution in [0.1, 0.15) is 16.1 Å². The predicted molar refractivity (Wildman–Crippen MR) is 66.7 cm³/mol. The van der Waals surface area contributed by atoms with Crippen LogP contribution in [0, 0.1) is 0 Å². The first kappa shape index (κ1) is 12.1. The molecule has 0 saturated heterocycles. The minimum atomic E-state index is -1.04. The smallest absolute Gasteiger partial charge is 0.372 e. The zero-order valence-corrected chi connectivity index (χ0v) is 10.3. The molecule has 0 spiro atoms. The molecule has 0 fully saturated rings. The largest absolute Gasteiger partial charge is 0.475 e. The summed E-state index contributed by atoms with van der Waals surface area (Å²) in [5, 5.41) is 9.55. The Morgan fingerprint density at radius 2 is 2.00 bits per heavy atom. The Balaban J connectivity index is 2.05. The van der Waals surface area contributed by atoms with E-state index in [1.54, 1.807) is 18.2 Å². The zero-order valence-electron chi connectivity index (χ0n) is 8.72. The molecule has 5 heteroatoms. The van der Waals surface area contributed by atoms with Gasteiger partial charge < -0.3 is 9.52 Å². The van der Waals surface area contributed by atoms with E-state index in [-0.39, 0.29) is 5.76 Å². The van der Waals surface area contributed by atoms with Crippen LogP contribution in [0.4, 0.5) is 0 Å². The van der Waals surface area contributed by atoms with Crippen LogP contribution in [-0.2, 0) is 5.75 Å². The molecule has 0 unspecified atom stereocenters. The number of rotatable bonds is 4. The number of carboxylic acid groups (broad SMARTS) is 1. The van der Waals surface area contributed by atoms with Gasteiger partial charge in [0.1, 0.15) is 0 Å². The molecular weight excluding hydrogens is 260 g/mol. The van der Waals surface area contributed by atoms with Gasteiger partial charge in [-0.15, -0.1) is 11.8 Å². The summed E-state index contributed by atoms with van der Waals surface area (Å²) in [6.45, 7) is 0. The number of benzene rings is 1. The van der Waals surface area contributed by atoms with Gasteiger partial charge in [0.05, 0.1) is 6.26 Å². The molecule has 0 saturated carbocycles. The highest BCUT2D eigenvalue weighted by atomic mass is 35.5. The van der Waals surface area contributed by atoms with Crippen LogP contribution in [-0.4, -0.2) is 11.1 Å². The van der Waals surface area contributed by atoms with Gasteiger partial charge in [-0.1, -0.05) is 11.6 Å². The molecule has 17 heavy (non-hydrogen) atoms. The van der Waals surface area contributed by atoms with Crippen molar-refractivity contribution in [3.05, 3.63) is 52.9 Å². The fourth-order valence-corrected chi connectivity index (χ4v) is 2.33. The second-order valence-corrected chi connectivity index (χ2v) is 4.81. The lowest BCUT2D eigenvalue weighted by atomic mass is 10.3. The maximum Gasteiger partial charge on any atom is 0.372 e. The summed E-state index contributed by atoms with van der Waals surface area (Å²) in [6, 6.07) is 9.07. The van der Waals surface area contributed by atoms with Crippen LogP contribution in [0.3, 0.4) is 0 Å². The fourth-order valence-electron chi connectivity index (χ4n) is 1.33. The van der Waals surface area contributed by atoms with Crippen LogP contribution in [0.25, 0.3) is 0 Å². The van der Waals surface area contributed by atoms with Crippen LogP contribution >= 0.6 is 23.4 Å². The first-order valence-corrected chi connectivity index (χ1v) is 6.21. The Bertz CT molecular complexity index is 519. The SMILES string of the molecule is O=C(O)c1occc1CSc1ccc(Cl)cc1. The van der Waals surface area contributed by atoms with Crippen molar-refractivity contribution in [1.82, 2.24) is 0 Å². The van der Waals surface area contributed by atoms with Gasteiger partial charge in [0.2, 0.25) is 5.76 Å². The molecule has 1 heterocycles. The topological polar surface area (TPSA) is 50.4 Å². The fraction of sp³-hybridized carbons (Fsp3) is 0.0833. The summed E-state index contributed by atoms with van der Waals surface area (Å²) >= 11 is 7.31. The Morgan fingerprint density at radius 3 is 2.65 bits per heavy atom. The minimum Gasteiger partial charge on any atom is -0.475 e. The molecule has 0 atom stereocenters. The van der Waals surface area contributed by atoms with E-state index in [2.05, 4.69) is 0 Å². The van der Waals surface area contributed by atoms with Crippen LogP contribution in [0.2, 0.25) is 5.02 Å². The third-order valence-electron chi connectivity index (χ3n) is 2.15. The molecule has 3 nitrogen and oxygen atoms in total. The van der Waals surface area contributed by atoms with Crippen molar-refractivity contribution in [2.45, 2.75) is 10.6 Å². The Hall–Kier alpha value is -1.39. The first-order chi connectivity index (χ1) is 8.16. The van der Waals surface area contributed by atoms with Crippen LogP contribution in [0.5, 0.6) is 0 Å². The van der Waals surface area contributed by atoms with E-state index in [9.17, 15) is 4.79 Å². The number of halogens is 1. The molecule has 0 aliphatic carbocycles. The number of aromatic carboxylic acids is 1. The van der Waals surface area contributed by atoms with Crippen molar-refractivity contribution in [2.24, 2.45) is 0 Å². The third kappa shape index (κ3) is 3.05. The van der Waals surface area contributed by atoms with Crippen molar-refractivity contribution in [2.75, 3.05) is 0 Å². The zero-order chi connectivity index (χ0) is 12.3. The molecule has 0 amide bonds. The van der Waals surface area contributed by atoms with E-state index in [1.165, 1.54) is 18.0 Å². The second kappa shape index (κ2) is 5.29.